The van der Waals surface area contributed by atoms with Crippen LogP contribution in [-0.4, -0.2) is 62.4 Å². The van der Waals surface area contributed by atoms with Gasteiger partial charge in [-0.25, -0.2) is 8.42 Å². The van der Waals surface area contributed by atoms with E-state index in [-0.39, 0.29) is 16.9 Å². The fourth-order valence-electron chi connectivity index (χ4n) is 3.30. The van der Waals surface area contributed by atoms with Crippen LogP contribution in [0.4, 0.5) is 0 Å². The van der Waals surface area contributed by atoms with Gasteiger partial charge in [-0.3, -0.25) is 4.79 Å². The normalized spacial score (nSPS) is 22.4. The zero-order valence-electron chi connectivity index (χ0n) is 14.5. The molecule has 0 aliphatic carbocycles. The van der Waals surface area contributed by atoms with Crippen molar-refractivity contribution in [3.63, 3.8) is 0 Å². The third-order valence-electron chi connectivity index (χ3n) is 4.83. The molecule has 2 aliphatic heterocycles. The molecule has 6 nitrogen and oxygen atoms in total. The molecule has 0 aromatic heterocycles. The Bertz CT molecular complexity index is 767. The van der Waals surface area contributed by atoms with Crippen LogP contribution in [0.3, 0.4) is 0 Å². The molecule has 0 saturated carbocycles. The van der Waals surface area contributed by atoms with Gasteiger partial charge in [0.2, 0.25) is 10.0 Å². The smallest absolute Gasteiger partial charge is 0.251 e. The van der Waals surface area contributed by atoms with Crippen LogP contribution in [0.25, 0.3) is 0 Å². The highest BCUT2D eigenvalue weighted by atomic mass is 35.5. The molecular formula is C17H23ClN2O4S. The Kier molecular flexibility index (Phi) is 5.39. The second kappa shape index (κ2) is 7.23. The monoisotopic (exact) mass is 386 g/mol. The number of sulfonamides is 1. The van der Waals surface area contributed by atoms with Crippen molar-refractivity contribution in [2.75, 3.05) is 32.8 Å². The van der Waals surface area contributed by atoms with Crippen molar-refractivity contribution in [3.8, 4) is 0 Å². The van der Waals surface area contributed by atoms with Gasteiger partial charge >= 0.3 is 0 Å². The van der Waals surface area contributed by atoms with E-state index in [2.05, 4.69) is 0 Å². The first kappa shape index (κ1) is 18.6. The molecular weight excluding hydrogens is 364 g/mol. The van der Waals surface area contributed by atoms with Crippen LogP contribution in [0, 0.1) is 13.8 Å². The SMILES string of the molecule is Cc1cc(S(=O)(=O)N2CCN(C(=O)[C@@H]3CCCO3)CC2)c(C)cc1Cl. The summed E-state index contributed by atoms with van der Waals surface area (Å²) in [6.07, 6.45) is 1.30. The third-order valence-corrected chi connectivity index (χ3v) is 7.28. The largest absolute Gasteiger partial charge is 0.368 e. The van der Waals surface area contributed by atoms with Crippen molar-refractivity contribution < 1.29 is 17.9 Å². The first-order valence-corrected chi connectivity index (χ1v) is 10.3. The Morgan fingerprint density at radius 3 is 2.44 bits per heavy atom. The molecule has 0 radical (unpaired) electrons. The molecule has 1 atom stereocenters. The van der Waals surface area contributed by atoms with Crippen LogP contribution in [0.2, 0.25) is 5.02 Å². The number of carbonyl (C=O) groups is 1. The summed E-state index contributed by atoms with van der Waals surface area (Å²) in [6, 6.07) is 3.30. The van der Waals surface area contributed by atoms with E-state index in [1.807, 2.05) is 0 Å². The van der Waals surface area contributed by atoms with Gasteiger partial charge in [-0.15, -0.1) is 0 Å². The zero-order valence-corrected chi connectivity index (χ0v) is 16.1. The van der Waals surface area contributed by atoms with Crippen LogP contribution in [0.5, 0.6) is 0 Å². The summed E-state index contributed by atoms with van der Waals surface area (Å²) in [5.74, 6) is -0.0203. The summed E-state index contributed by atoms with van der Waals surface area (Å²) in [7, 11) is -3.59. The molecule has 3 rings (SSSR count). The maximum Gasteiger partial charge on any atom is 0.251 e. The molecule has 138 valence electrons. The minimum Gasteiger partial charge on any atom is -0.368 e. The molecule has 1 amide bonds. The molecule has 1 aromatic rings. The van der Waals surface area contributed by atoms with Gasteiger partial charge in [0.25, 0.3) is 5.91 Å². The van der Waals surface area contributed by atoms with Crippen molar-refractivity contribution >= 4 is 27.5 Å². The number of rotatable bonds is 3. The van der Waals surface area contributed by atoms with Crippen molar-refractivity contribution in [1.82, 2.24) is 9.21 Å². The molecule has 8 heteroatoms. The van der Waals surface area contributed by atoms with Crippen LogP contribution >= 0.6 is 11.6 Å². The maximum atomic E-state index is 13.0. The summed E-state index contributed by atoms with van der Waals surface area (Å²) in [6.45, 7) is 5.53. The highest BCUT2D eigenvalue weighted by Crippen LogP contribution is 2.27. The number of nitrogens with zero attached hydrogens (tertiary/aromatic N) is 2. The van der Waals surface area contributed by atoms with E-state index >= 15 is 0 Å². The molecule has 25 heavy (non-hydrogen) atoms. The number of amides is 1. The molecule has 2 heterocycles. The highest BCUT2D eigenvalue weighted by molar-refractivity contribution is 7.89. The number of halogens is 1. The van der Waals surface area contributed by atoms with Crippen LogP contribution in [-0.2, 0) is 19.6 Å². The lowest BCUT2D eigenvalue weighted by Gasteiger charge is -2.35. The first-order valence-electron chi connectivity index (χ1n) is 8.48. The van der Waals surface area contributed by atoms with E-state index in [4.69, 9.17) is 16.3 Å². The van der Waals surface area contributed by atoms with Gasteiger partial charge < -0.3 is 9.64 Å². The summed E-state index contributed by atoms with van der Waals surface area (Å²) < 4.78 is 32.8. The minimum absolute atomic E-state index is 0.0203. The Morgan fingerprint density at radius 1 is 1.16 bits per heavy atom. The highest BCUT2D eigenvalue weighted by Gasteiger charge is 2.34. The van der Waals surface area contributed by atoms with Crippen molar-refractivity contribution in [2.24, 2.45) is 0 Å². The molecule has 2 fully saturated rings. The number of piperazine rings is 1. The van der Waals surface area contributed by atoms with E-state index in [1.54, 1.807) is 30.9 Å². The minimum atomic E-state index is -3.59. The van der Waals surface area contributed by atoms with E-state index in [0.717, 1.165) is 18.4 Å². The third kappa shape index (κ3) is 3.69. The first-order chi connectivity index (χ1) is 11.8. The fraction of sp³-hybridized carbons (Fsp3) is 0.588. The number of benzene rings is 1. The second-order valence-corrected chi connectivity index (χ2v) is 8.91. The molecule has 2 saturated heterocycles. The van der Waals surface area contributed by atoms with Crippen molar-refractivity contribution in [1.29, 1.82) is 0 Å². The summed E-state index contributed by atoms with van der Waals surface area (Å²) in [5.41, 5.74) is 1.37. The topological polar surface area (TPSA) is 66.9 Å². The zero-order chi connectivity index (χ0) is 18.2. The Balaban J connectivity index is 1.71. The van der Waals surface area contributed by atoms with Gasteiger partial charge in [0, 0.05) is 37.8 Å². The molecule has 0 bridgehead atoms. The molecule has 0 unspecified atom stereocenters. The van der Waals surface area contributed by atoms with Gasteiger partial charge in [-0.1, -0.05) is 11.6 Å². The van der Waals surface area contributed by atoms with Crippen LogP contribution in [0.15, 0.2) is 17.0 Å². The number of hydrogen-bond acceptors (Lipinski definition) is 4. The summed E-state index contributed by atoms with van der Waals surface area (Å²) >= 11 is 6.07. The molecule has 2 aliphatic rings. The Hall–Kier alpha value is -1.15. The predicted octanol–water partition coefficient (Wildman–Crippen LogP) is 1.97. The van der Waals surface area contributed by atoms with E-state index in [1.165, 1.54) is 4.31 Å². The number of aryl methyl sites for hydroxylation is 2. The number of ether oxygens (including phenoxy) is 1. The van der Waals surface area contributed by atoms with Crippen molar-refractivity contribution in [2.45, 2.75) is 37.7 Å². The lowest BCUT2D eigenvalue weighted by Crippen LogP contribution is -2.52. The lowest BCUT2D eigenvalue weighted by molar-refractivity contribution is -0.142. The second-order valence-electron chi connectivity index (χ2n) is 6.60. The van der Waals surface area contributed by atoms with E-state index in [9.17, 15) is 13.2 Å². The lowest BCUT2D eigenvalue weighted by atomic mass is 10.2. The van der Waals surface area contributed by atoms with Crippen LogP contribution < -0.4 is 0 Å². The predicted molar refractivity (Wildman–Crippen MR) is 95.2 cm³/mol. The van der Waals surface area contributed by atoms with E-state index < -0.39 is 10.0 Å². The van der Waals surface area contributed by atoms with Crippen molar-refractivity contribution in [3.05, 3.63) is 28.3 Å². The quantitative estimate of drug-likeness (QED) is 0.796. The molecule has 1 aromatic carbocycles. The van der Waals surface area contributed by atoms with Crippen LogP contribution in [0.1, 0.15) is 24.0 Å². The van der Waals surface area contributed by atoms with Gasteiger partial charge in [0.05, 0.1) is 4.90 Å². The maximum absolute atomic E-state index is 13.0. The number of hydrogen-bond donors (Lipinski definition) is 0. The fourth-order valence-corrected chi connectivity index (χ4v) is 5.23. The van der Waals surface area contributed by atoms with E-state index in [0.29, 0.717) is 43.4 Å². The summed E-state index contributed by atoms with van der Waals surface area (Å²) in [4.78, 5) is 14.4. The van der Waals surface area contributed by atoms with Gasteiger partial charge in [-0.05, 0) is 49.9 Å². The van der Waals surface area contributed by atoms with Gasteiger partial charge in [-0.2, -0.15) is 4.31 Å². The Morgan fingerprint density at radius 2 is 1.84 bits per heavy atom. The molecule has 0 spiro atoms. The summed E-state index contributed by atoms with van der Waals surface area (Å²) in [5, 5.41) is 0.559. The molecule has 0 N–H and O–H groups in total. The average molecular weight is 387 g/mol. The van der Waals surface area contributed by atoms with Gasteiger partial charge in [0.1, 0.15) is 6.10 Å². The number of carbonyl (C=O) groups excluding carboxylic acids is 1. The average Bonchev–Trinajstić information content (AvgIpc) is 3.12. The standard InChI is InChI=1S/C17H23ClN2O4S/c1-12-11-16(13(2)10-14(12)18)25(22,23)20-7-5-19(6-8-20)17(21)15-4-3-9-24-15/h10-11,15H,3-9H2,1-2H3/t15-/m0/s1. The van der Waals surface area contributed by atoms with Gasteiger partial charge in [0.15, 0.2) is 0 Å². The Labute approximate surface area is 153 Å².